The number of carbonyl (C=O) groups is 3. The lowest BCUT2D eigenvalue weighted by molar-refractivity contribution is -0.124. The highest BCUT2D eigenvalue weighted by Crippen LogP contribution is 2.28. The Bertz CT molecular complexity index is 646. The largest absolute Gasteiger partial charge is 0.354 e. The second kappa shape index (κ2) is 8.15. The van der Waals surface area contributed by atoms with Gasteiger partial charge in [0.15, 0.2) is 0 Å². The van der Waals surface area contributed by atoms with Crippen molar-refractivity contribution < 1.29 is 14.4 Å². The van der Waals surface area contributed by atoms with Crippen LogP contribution < -0.4 is 15.5 Å². The van der Waals surface area contributed by atoms with Gasteiger partial charge in [0.2, 0.25) is 11.8 Å². The van der Waals surface area contributed by atoms with Crippen LogP contribution in [0.1, 0.15) is 37.0 Å². The predicted molar refractivity (Wildman–Crippen MR) is 93.2 cm³/mol. The Morgan fingerprint density at radius 2 is 1.96 bits per heavy atom. The molecule has 0 saturated carbocycles. The molecule has 1 aromatic carbocycles. The Morgan fingerprint density at radius 1 is 1.25 bits per heavy atom. The van der Waals surface area contributed by atoms with Crippen molar-refractivity contribution in [1.29, 1.82) is 0 Å². The van der Waals surface area contributed by atoms with Crippen molar-refractivity contribution in [2.75, 3.05) is 24.5 Å². The van der Waals surface area contributed by atoms with Crippen LogP contribution in [0.4, 0.5) is 5.69 Å². The quantitative estimate of drug-likeness (QED) is 0.769. The van der Waals surface area contributed by atoms with Gasteiger partial charge in [0.1, 0.15) is 0 Å². The van der Waals surface area contributed by atoms with Crippen molar-refractivity contribution in [3.63, 3.8) is 0 Å². The maximum atomic E-state index is 12.4. The number of benzene rings is 1. The van der Waals surface area contributed by atoms with Crippen molar-refractivity contribution in [2.24, 2.45) is 5.92 Å². The number of anilines is 1. The number of amides is 3. The van der Waals surface area contributed by atoms with Crippen molar-refractivity contribution in [2.45, 2.75) is 26.7 Å². The number of nitrogens with zero attached hydrogens (tertiary/aromatic N) is 1. The fraction of sp³-hybridized carbons (Fsp3) is 0.471. The molecule has 0 spiro atoms. The van der Waals surface area contributed by atoms with Crippen LogP contribution in [-0.4, -0.2) is 37.4 Å². The first-order chi connectivity index (χ1) is 11.4. The van der Waals surface area contributed by atoms with Gasteiger partial charge in [0.05, 0.1) is 11.3 Å². The monoisotopic (exact) mass is 351 g/mol. The number of halogens is 1. The molecule has 1 heterocycles. The second-order valence-corrected chi connectivity index (χ2v) is 6.45. The van der Waals surface area contributed by atoms with Crippen molar-refractivity contribution >= 4 is 35.0 Å². The summed E-state index contributed by atoms with van der Waals surface area (Å²) in [5, 5.41) is 5.97. The first kappa shape index (κ1) is 18.3. The Balaban J connectivity index is 2.01. The molecule has 24 heavy (non-hydrogen) atoms. The number of nitrogens with one attached hydrogen (secondary N) is 2. The van der Waals surface area contributed by atoms with Gasteiger partial charge in [-0.1, -0.05) is 25.4 Å². The summed E-state index contributed by atoms with van der Waals surface area (Å²) >= 11 is 6.02. The average Bonchev–Trinajstić information content (AvgIpc) is 2.96. The van der Waals surface area contributed by atoms with E-state index in [1.54, 1.807) is 36.9 Å². The molecule has 0 radical (unpaired) electrons. The summed E-state index contributed by atoms with van der Waals surface area (Å²) < 4.78 is 0. The van der Waals surface area contributed by atoms with Crippen LogP contribution in [0.3, 0.4) is 0 Å². The molecule has 0 aliphatic carbocycles. The highest BCUT2D eigenvalue weighted by Gasteiger charge is 2.26. The van der Waals surface area contributed by atoms with E-state index in [0.29, 0.717) is 42.3 Å². The predicted octanol–water partition coefficient (Wildman–Crippen LogP) is 1.97. The van der Waals surface area contributed by atoms with Crippen molar-refractivity contribution in [3.05, 3.63) is 28.8 Å². The van der Waals surface area contributed by atoms with E-state index in [-0.39, 0.29) is 23.6 Å². The molecule has 1 fully saturated rings. The third kappa shape index (κ3) is 4.47. The smallest absolute Gasteiger partial charge is 0.253 e. The van der Waals surface area contributed by atoms with Crippen LogP contribution in [0.2, 0.25) is 5.02 Å². The first-order valence-electron chi connectivity index (χ1n) is 8.06. The second-order valence-electron chi connectivity index (χ2n) is 6.01. The summed E-state index contributed by atoms with van der Waals surface area (Å²) in [5.41, 5.74) is 0.943. The minimum Gasteiger partial charge on any atom is -0.354 e. The molecular weight excluding hydrogens is 330 g/mol. The van der Waals surface area contributed by atoms with Gasteiger partial charge in [-0.3, -0.25) is 14.4 Å². The van der Waals surface area contributed by atoms with Crippen LogP contribution in [-0.2, 0) is 9.59 Å². The molecule has 0 aromatic heterocycles. The molecule has 1 aliphatic rings. The zero-order valence-electron chi connectivity index (χ0n) is 13.9. The fourth-order valence-corrected chi connectivity index (χ4v) is 2.65. The van der Waals surface area contributed by atoms with Crippen LogP contribution in [0, 0.1) is 5.92 Å². The highest BCUT2D eigenvalue weighted by molar-refractivity contribution is 6.31. The Hall–Kier alpha value is -2.08. The summed E-state index contributed by atoms with van der Waals surface area (Å²) in [4.78, 5) is 37.5. The zero-order valence-corrected chi connectivity index (χ0v) is 14.7. The molecule has 1 saturated heterocycles. The molecule has 2 rings (SSSR count). The SMILES string of the molecule is CC(C)C(=O)NCCNC(=O)c1ccc(Cl)cc1N1CCCC1=O. The normalized spacial score (nSPS) is 14.2. The summed E-state index contributed by atoms with van der Waals surface area (Å²) in [6.45, 7) is 4.87. The summed E-state index contributed by atoms with van der Waals surface area (Å²) in [5.74, 6) is -0.445. The van der Waals surface area contributed by atoms with E-state index >= 15 is 0 Å². The van der Waals surface area contributed by atoms with Crippen LogP contribution in [0.25, 0.3) is 0 Å². The third-order valence-electron chi connectivity index (χ3n) is 3.80. The summed E-state index contributed by atoms with van der Waals surface area (Å²) in [6.07, 6.45) is 1.25. The van der Waals surface area contributed by atoms with E-state index in [4.69, 9.17) is 11.6 Å². The number of hydrogen-bond acceptors (Lipinski definition) is 3. The minimum absolute atomic E-state index is 0.00415. The number of hydrogen-bond donors (Lipinski definition) is 2. The standard InChI is InChI=1S/C17H22ClN3O3/c1-11(2)16(23)19-7-8-20-17(24)13-6-5-12(18)10-14(13)21-9-3-4-15(21)22/h5-6,10-11H,3-4,7-9H2,1-2H3,(H,19,23)(H,20,24). The average molecular weight is 352 g/mol. The Kier molecular flexibility index (Phi) is 6.20. The van der Waals surface area contributed by atoms with Crippen LogP contribution >= 0.6 is 11.6 Å². The molecule has 130 valence electrons. The van der Waals surface area contributed by atoms with E-state index in [9.17, 15) is 14.4 Å². The topological polar surface area (TPSA) is 78.5 Å². The summed E-state index contributed by atoms with van der Waals surface area (Å²) in [7, 11) is 0. The lowest BCUT2D eigenvalue weighted by atomic mass is 10.1. The van der Waals surface area contributed by atoms with Crippen LogP contribution in [0.5, 0.6) is 0 Å². The Morgan fingerprint density at radius 3 is 2.58 bits per heavy atom. The van der Waals surface area contributed by atoms with Gasteiger partial charge in [-0.15, -0.1) is 0 Å². The van der Waals surface area contributed by atoms with Crippen molar-refractivity contribution in [3.8, 4) is 0 Å². The van der Waals surface area contributed by atoms with Gasteiger partial charge in [0.25, 0.3) is 5.91 Å². The van der Waals surface area contributed by atoms with E-state index in [2.05, 4.69) is 10.6 Å². The molecule has 7 heteroatoms. The van der Waals surface area contributed by atoms with Gasteiger partial charge in [-0.05, 0) is 24.6 Å². The summed E-state index contributed by atoms with van der Waals surface area (Å²) in [6, 6.07) is 4.88. The van der Waals surface area contributed by atoms with E-state index in [1.165, 1.54) is 0 Å². The van der Waals surface area contributed by atoms with E-state index in [1.807, 2.05) is 0 Å². The molecule has 1 aromatic rings. The molecule has 0 unspecified atom stereocenters. The first-order valence-corrected chi connectivity index (χ1v) is 8.43. The van der Waals surface area contributed by atoms with Gasteiger partial charge in [0, 0.05) is 37.0 Å². The lowest BCUT2D eigenvalue weighted by Crippen LogP contribution is -2.37. The van der Waals surface area contributed by atoms with Gasteiger partial charge >= 0.3 is 0 Å². The highest BCUT2D eigenvalue weighted by atomic mass is 35.5. The minimum atomic E-state index is -0.292. The van der Waals surface area contributed by atoms with Crippen molar-refractivity contribution in [1.82, 2.24) is 10.6 Å². The van der Waals surface area contributed by atoms with Gasteiger partial charge in [-0.25, -0.2) is 0 Å². The van der Waals surface area contributed by atoms with Gasteiger partial charge in [-0.2, -0.15) is 0 Å². The van der Waals surface area contributed by atoms with Gasteiger partial charge < -0.3 is 15.5 Å². The lowest BCUT2D eigenvalue weighted by Gasteiger charge is -2.20. The molecule has 3 amide bonds. The maximum Gasteiger partial charge on any atom is 0.253 e. The molecular formula is C17H22ClN3O3. The molecule has 2 N–H and O–H groups in total. The van der Waals surface area contributed by atoms with E-state index < -0.39 is 0 Å². The van der Waals surface area contributed by atoms with Crippen LogP contribution in [0.15, 0.2) is 18.2 Å². The molecule has 0 atom stereocenters. The number of rotatable bonds is 6. The van der Waals surface area contributed by atoms with E-state index in [0.717, 1.165) is 6.42 Å². The zero-order chi connectivity index (χ0) is 17.7. The third-order valence-corrected chi connectivity index (χ3v) is 4.04. The Labute approximate surface area is 146 Å². The maximum absolute atomic E-state index is 12.4. The molecule has 0 bridgehead atoms. The number of carbonyl (C=O) groups excluding carboxylic acids is 3. The molecule has 1 aliphatic heterocycles. The fourth-order valence-electron chi connectivity index (χ4n) is 2.48. The molecule has 6 nitrogen and oxygen atoms in total.